The van der Waals surface area contributed by atoms with Crippen molar-refractivity contribution in [1.29, 1.82) is 0 Å². The second kappa shape index (κ2) is 6.89. The van der Waals surface area contributed by atoms with Crippen LogP contribution in [0.3, 0.4) is 0 Å². The molecule has 0 aromatic heterocycles. The molecule has 4 heteroatoms. The van der Waals surface area contributed by atoms with Crippen LogP contribution >= 0.6 is 0 Å². The van der Waals surface area contributed by atoms with E-state index in [-0.39, 0.29) is 28.9 Å². The van der Waals surface area contributed by atoms with Crippen LogP contribution in [0, 0.1) is 5.92 Å². The van der Waals surface area contributed by atoms with Crippen molar-refractivity contribution in [1.82, 2.24) is 0 Å². The SMILES string of the molecule is C=C(C(=O)c1cc(NC(=O)CCC)ccc1O)C1C=CC=C1. The third kappa shape index (κ3) is 3.52. The standard InChI is InChI=1S/C18H19NO3/c1-3-6-17(21)19-14-9-10-16(20)15(11-14)18(22)12(2)13-7-4-5-8-13/h4-5,7-11,13,20H,2-3,6H2,1H3,(H,19,21). The molecule has 0 bridgehead atoms. The van der Waals surface area contributed by atoms with Crippen LogP contribution < -0.4 is 5.32 Å². The van der Waals surface area contributed by atoms with E-state index in [1.807, 2.05) is 31.2 Å². The van der Waals surface area contributed by atoms with E-state index < -0.39 is 0 Å². The largest absolute Gasteiger partial charge is 0.507 e. The Morgan fingerprint density at radius 1 is 1.27 bits per heavy atom. The lowest BCUT2D eigenvalue weighted by Gasteiger charge is -2.12. The molecule has 1 aromatic carbocycles. The number of nitrogens with one attached hydrogen (secondary N) is 1. The molecule has 0 saturated carbocycles. The van der Waals surface area contributed by atoms with Gasteiger partial charge in [-0.2, -0.15) is 0 Å². The molecule has 0 fully saturated rings. The summed E-state index contributed by atoms with van der Waals surface area (Å²) in [6.45, 7) is 5.74. The molecule has 2 rings (SSSR count). The van der Waals surface area contributed by atoms with E-state index >= 15 is 0 Å². The van der Waals surface area contributed by atoms with Crippen LogP contribution in [0.15, 0.2) is 54.7 Å². The van der Waals surface area contributed by atoms with Crippen molar-refractivity contribution in [2.75, 3.05) is 5.32 Å². The molecule has 1 aliphatic carbocycles. The maximum Gasteiger partial charge on any atom is 0.224 e. The molecule has 0 spiro atoms. The number of hydrogen-bond donors (Lipinski definition) is 2. The quantitative estimate of drug-likeness (QED) is 0.479. The molecule has 114 valence electrons. The summed E-state index contributed by atoms with van der Waals surface area (Å²) in [5.74, 6) is -0.715. The number of phenolic OH excluding ortho intramolecular Hbond substituents is 1. The number of allylic oxidation sites excluding steroid dienone is 5. The Hall–Kier alpha value is -2.62. The van der Waals surface area contributed by atoms with Gasteiger partial charge in [0, 0.05) is 23.6 Å². The maximum absolute atomic E-state index is 12.5. The first-order valence-corrected chi connectivity index (χ1v) is 7.24. The summed E-state index contributed by atoms with van der Waals surface area (Å²) in [6, 6.07) is 4.46. The summed E-state index contributed by atoms with van der Waals surface area (Å²) < 4.78 is 0. The highest BCUT2D eigenvalue weighted by molar-refractivity contribution is 6.11. The molecule has 0 atom stereocenters. The molecule has 0 unspecified atom stereocenters. The minimum atomic E-state index is -0.328. The third-order valence-corrected chi connectivity index (χ3v) is 3.44. The highest BCUT2D eigenvalue weighted by atomic mass is 16.3. The summed E-state index contributed by atoms with van der Waals surface area (Å²) in [6.07, 6.45) is 8.59. The zero-order valence-corrected chi connectivity index (χ0v) is 12.5. The van der Waals surface area contributed by atoms with Gasteiger partial charge in [0.25, 0.3) is 0 Å². The van der Waals surface area contributed by atoms with E-state index in [0.717, 1.165) is 6.42 Å². The molecular formula is C18H19NO3. The molecule has 4 nitrogen and oxygen atoms in total. The van der Waals surface area contributed by atoms with Gasteiger partial charge in [-0.25, -0.2) is 0 Å². The number of aromatic hydroxyl groups is 1. The van der Waals surface area contributed by atoms with E-state index in [9.17, 15) is 14.7 Å². The van der Waals surface area contributed by atoms with Crippen molar-refractivity contribution in [3.63, 3.8) is 0 Å². The van der Waals surface area contributed by atoms with Crippen molar-refractivity contribution in [3.05, 3.63) is 60.2 Å². The Bertz CT molecular complexity index is 659. The summed E-state index contributed by atoms with van der Waals surface area (Å²) in [7, 11) is 0. The maximum atomic E-state index is 12.5. The van der Waals surface area contributed by atoms with E-state index in [0.29, 0.717) is 17.7 Å². The van der Waals surface area contributed by atoms with Gasteiger partial charge in [-0.3, -0.25) is 9.59 Å². The molecule has 1 aromatic rings. The van der Waals surface area contributed by atoms with E-state index in [1.165, 1.54) is 12.1 Å². The van der Waals surface area contributed by atoms with Crippen LogP contribution in [0.25, 0.3) is 0 Å². The molecule has 1 amide bonds. The summed E-state index contributed by atoms with van der Waals surface area (Å²) >= 11 is 0. The first-order chi connectivity index (χ1) is 10.5. The van der Waals surface area contributed by atoms with E-state index in [2.05, 4.69) is 11.9 Å². The van der Waals surface area contributed by atoms with Gasteiger partial charge in [0.2, 0.25) is 5.91 Å². The number of amides is 1. The Balaban J connectivity index is 2.20. The second-order valence-electron chi connectivity index (χ2n) is 5.18. The summed E-state index contributed by atoms with van der Waals surface area (Å²) in [4.78, 5) is 24.1. The Kier molecular flexibility index (Phi) is 4.94. The third-order valence-electron chi connectivity index (χ3n) is 3.44. The minimum Gasteiger partial charge on any atom is -0.507 e. The fourth-order valence-corrected chi connectivity index (χ4v) is 2.23. The number of anilines is 1. The monoisotopic (exact) mass is 297 g/mol. The van der Waals surface area contributed by atoms with Gasteiger partial charge < -0.3 is 10.4 Å². The number of hydrogen-bond acceptors (Lipinski definition) is 3. The molecule has 0 saturated heterocycles. The fourth-order valence-electron chi connectivity index (χ4n) is 2.23. The minimum absolute atomic E-state index is 0.118. The van der Waals surface area contributed by atoms with Crippen LogP contribution in [0.2, 0.25) is 0 Å². The number of carbonyl (C=O) groups is 2. The zero-order valence-electron chi connectivity index (χ0n) is 12.5. The van der Waals surface area contributed by atoms with Crippen LogP contribution in [-0.4, -0.2) is 16.8 Å². The first-order valence-electron chi connectivity index (χ1n) is 7.24. The van der Waals surface area contributed by atoms with Gasteiger partial charge in [0.15, 0.2) is 5.78 Å². The predicted octanol–water partition coefficient (Wildman–Crippen LogP) is 3.61. The highest BCUT2D eigenvalue weighted by Crippen LogP contribution is 2.28. The number of ketones is 1. The van der Waals surface area contributed by atoms with Crippen LogP contribution in [0.4, 0.5) is 5.69 Å². The van der Waals surface area contributed by atoms with Crippen molar-refractivity contribution in [2.24, 2.45) is 5.92 Å². The Labute approximate surface area is 129 Å². The van der Waals surface area contributed by atoms with Crippen molar-refractivity contribution >= 4 is 17.4 Å². The second-order valence-corrected chi connectivity index (χ2v) is 5.18. The Morgan fingerprint density at radius 2 is 1.95 bits per heavy atom. The molecule has 1 aliphatic rings. The van der Waals surface area contributed by atoms with Crippen LogP contribution in [0.5, 0.6) is 5.75 Å². The van der Waals surface area contributed by atoms with Gasteiger partial charge in [-0.05, 0) is 24.6 Å². The van der Waals surface area contributed by atoms with Crippen molar-refractivity contribution < 1.29 is 14.7 Å². The van der Waals surface area contributed by atoms with E-state index in [1.54, 1.807) is 6.07 Å². The average molecular weight is 297 g/mol. The molecule has 2 N–H and O–H groups in total. The van der Waals surface area contributed by atoms with Gasteiger partial charge >= 0.3 is 0 Å². The number of benzene rings is 1. The summed E-state index contributed by atoms with van der Waals surface area (Å²) in [5.41, 5.74) is 1.02. The number of rotatable bonds is 6. The van der Waals surface area contributed by atoms with Gasteiger partial charge in [-0.15, -0.1) is 0 Å². The number of phenols is 1. The summed E-state index contributed by atoms with van der Waals surface area (Å²) in [5, 5.41) is 12.6. The molecule has 0 radical (unpaired) electrons. The van der Waals surface area contributed by atoms with Gasteiger partial charge in [0.05, 0.1) is 5.56 Å². The number of Topliss-reactive ketones (excluding diaryl/α,β-unsaturated/α-hetero) is 1. The predicted molar refractivity (Wildman–Crippen MR) is 86.9 cm³/mol. The lowest BCUT2D eigenvalue weighted by Crippen LogP contribution is -2.12. The molecule has 22 heavy (non-hydrogen) atoms. The smallest absolute Gasteiger partial charge is 0.224 e. The zero-order chi connectivity index (χ0) is 16.1. The average Bonchev–Trinajstić information content (AvgIpc) is 3.02. The first kappa shape index (κ1) is 15.8. The van der Waals surface area contributed by atoms with Gasteiger partial charge in [0.1, 0.15) is 5.75 Å². The highest BCUT2D eigenvalue weighted by Gasteiger charge is 2.20. The number of carbonyl (C=O) groups excluding carboxylic acids is 2. The molecule has 0 heterocycles. The lowest BCUT2D eigenvalue weighted by molar-refractivity contribution is -0.116. The van der Waals surface area contributed by atoms with Crippen molar-refractivity contribution in [3.8, 4) is 5.75 Å². The topological polar surface area (TPSA) is 66.4 Å². The van der Waals surface area contributed by atoms with Crippen molar-refractivity contribution in [2.45, 2.75) is 19.8 Å². The normalized spacial score (nSPS) is 13.3. The fraction of sp³-hybridized carbons (Fsp3) is 0.222. The van der Waals surface area contributed by atoms with Crippen LogP contribution in [-0.2, 0) is 4.79 Å². The van der Waals surface area contributed by atoms with Gasteiger partial charge in [-0.1, -0.05) is 37.8 Å². The van der Waals surface area contributed by atoms with Crippen LogP contribution in [0.1, 0.15) is 30.1 Å². The molecule has 0 aliphatic heterocycles. The lowest BCUT2D eigenvalue weighted by atomic mass is 9.93. The van der Waals surface area contributed by atoms with E-state index in [4.69, 9.17) is 0 Å². The molecular weight excluding hydrogens is 278 g/mol. The Morgan fingerprint density at radius 3 is 2.59 bits per heavy atom.